The number of nitrogens with zero attached hydrogens (tertiary/aromatic N) is 7. The van der Waals surface area contributed by atoms with Gasteiger partial charge in [-0.3, -0.25) is 9.36 Å². The van der Waals surface area contributed by atoms with E-state index in [0.29, 0.717) is 34.8 Å². The Kier molecular flexibility index (Phi) is 6.49. The fourth-order valence-electron chi connectivity index (χ4n) is 4.72. The van der Waals surface area contributed by atoms with Gasteiger partial charge in [0.15, 0.2) is 11.4 Å². The third kappa shape index (κ3) is 4.76. The van der Waals surface area contributed by atoms with E-state index in [2.05, 4.69) is 26.3 Å². The largest absolute Gasteiger partial charge is 0.494 e. The summed E-state index contributed by atoms with van der Waals surface area (Å²) in [6.07, 6.45) is 0.679. The lowest BCUT2D eigenvalue weighted by molar-refractivity contribution is -0.138. The Labute approximate surface area is 241 Å². The summed E-state index contributed by atoms with van der Waals surface area (Å²) in [5.41, 5.74) is -0.100. The zero-order valence-corrected chi connectivity index (χ0v) is 22.8. The number of nitriles is 1. The Hall–Kier alpha value is -5.84. The molecule has 0 aliphatic rings. The van der Waals surface area contributed by atoms with E-state index < -0.39 is 17.3 Å². The summed E-state index contributed by atoms with van der Waals surface area (Å²) >= 11 is 0. The van der Waals surface area contributed by atoms with E-state index in [9.17, 15) is 23.2 Å². The van der Waals surface area contributed by atoms with Crippen LogP contribution in [0.2, 0.25) is 0 Å². The van der Waals surface area contributed by atoms with E-state index >= 15 is 0 Å². The van der Waals surface area contributed by atoms with E-state index in [4.69, 9.17) is 9.47 Å². The lowest BCUT2D eigenvalue weighted by atomic mass is 10.2. The van der Waals surface area contributed by atoms with Crippen molar-refractivity contribution in [1.29, 1.82) is 5.26 Å². The van der Waals surface area contributed by atoms with Crippen LogP contribution in [-0.2, 0) is 20.3 Å². The lowest BCUT2D eigenvalue weighted by Crippen LogP contribution is -2.23. The van der Waals surface area contributed by atoms with Gasteiger partial charge in [-0.1, -0.05) is 18.2 Å². The summed E-state index contributed by atoms with van der Waals surface area (Å²) in [6.45, 7) is 0. The van der Waals surface area contributed by atoms with E-state index in [1.807, 2.05) is 41.1 Å². The fraction of sp³-hybridized carbons (Fsp3) is 0.138. The molecule has 6 rings (SSSR count). The number of fused-ring (bicyclic) bond motifs is 2. The highest BCUT2D eigenvalue weighted by atomic mass is 19.4. The maximum absolute atomic E-state index is 13.4. The maximum atomic E-state index is 13.4. The number of para-hydroxylation sites is 1. The number of pyridine rings is 3. The minimum absolute atomic E-state index is 0.00245. The number of nitrogens with one attached hydrogen (secondary N) is 1. The molecule has 0 aliphatic carbocycles. The molecule has 1 aromatic carbocycles. The highest BCUT2D eigenvalue weighted by Crippen LogP contribution is 2.36. The quantitative estimate of drug-likeness (QED) is 0.274. The molecule has 43 heavy (non-hydrogen) atoms. The zero-order chi connectivity index (χ0) is 30.5. The molecule has 5 aromatic heterocycles. The molecule has 0 saturated heterocycles. The van der Waals surface area contributed by atoms with Gasteiger partial charge >= 0.3 is 6.18 Å². The van der Waals surface area contributed by atoms with Gasteiger partial charge in [0.2, 0.25) is 5.95 Å². The summed E-state index contributed by atoms with van der Waals surface area (Å²) < 4.78 is 55.8. The highest BCUT2D eigenvalue weighted by Gasteiger charge is 2.32. The van der Waals surface area contributed by atoms with Gasteiger partial charge in [-0.2, -0.15) is 23.4 Å². The van der Waals surface area contributed by atoms with Crippen LogP contribution in [0.25, 0.3) is 27.9 Å². The summed E-state index contributed by atoms with van der Waals surface area (Å²) in [5, 5.41) is 13.4. The van der Waals surface area contributed by atoms with Gasteiger partial charge in [0, 0.05) is 26.0 Å². The van der Waals surface area contributed by atoms with Gasteiger partial charge in [-0.15, -0.1) is 0 Å². The number of aromatic nitrogens is 6. The van der Waals surface area contributed by atoms with Gasteiger partial charge in [-0.25, -0.2) is 9.97 Å². The summed E-state index contributed by atoms with van der Waals surface area (Å²) in [7, 11) is 4.30. The average Bonchev–Trinajstić information content (AvgIpc) is 3.52. The minimum Gasteiger partial charge on any atom is -0.494 e. The predicted octanol–water partition coefficient (Wildman–Crippen LogP) is 5.44. The van der Waals surface area contributed by atoms with Crippen molar-refractivity contribution < 1.29 is 22.6 Å². The lowest BCUT2D eigenvalue weighted by Gasteiger charge is -2.12. The first-order valence-electron chi connectivity index (χ1n) is 12.7. The second-order valence-corrected chi connectivity index (χ2v) is 9.50. The first kappa shape index (κ1) is 27.3. The molecular weight excluding hydrogens is 565 g/mol. The van der Waals surface area contributed by atoms with E-state index in [1.54, 1.807) is 13.2 Å². The topological polar surface area (TPSA) is 125 Å². The van der Waals surface area contributed by atoms with Crippen LogP contribution in [0, 0.1) is 11.3 Å². The van der Waals surface area contributed by atoms with Crippen LogP contribution in [0.5, 0.6) is 17.2 Å². The Morgan fingerprint density at radius 2 is 1.79 bits per heavy atom. The molecule has 216 valence electrons. The van der Waals surface area contributed by atoms with Crippen molar-refractivity contribution >= 4 is 33.8 Å². The van der Waals surface area contributed by atoms with Crippen molar-refractivity contribution in [2.75, 3.05) is 12.4 Å². The van der Waals surface area contributed by atoms with Crippen molar-refractivity contribution in [3.63, 3.8) is 0 Å². The molecule has 0 aliphatic heterocycles. The van der Waals surface area contributed by atoms with Gasteiger partial charge in [0.1, 0.15) is 40.0 Å². The molecule has 6 aromatic rings. The number of methoxy groups -OCH3 is 1. The van der Waals surface area contributed by atoms with E-state index in [0.717, 1.165) is 10.3 Å². The molecule has 14 heteroatoms. The summed E-state index contributed by atoms with van der Waals surface area (Å²) in [4.78, 5) is 25.7. The molecule has 0 fully saturated rings. The predicted molar refractivity (Wildman–Crippen MR) is 151 cm³/mol. The number of alkyl halides is 3. The molecule has 5 heterocycles. The number of hydrogen-bond donors (Lipinski definition) is 1. The number of benzene rings is 1. The molecule has 0 amide bonds. The molecule has 11 nitrogen and oxygen atoms in total. The van der Waals surface area contributed by atoms with Crippen molar-refractivity contribution in [3.05, 3.63) is 88.7 Å². The van der Waals surface area contributed by atoms with Crippen LogP contribution in [-0.4, -0.2) is 35.8 Å². The first-order valence-corrected chi connectivity index (χ1v) is 12.7. The second-order valence-electron chi connectivity index (χ2n) is 9.50. The van der Waals surface area contributed by atoms with Crippen LogP contribution in [0.4, 0.5) is 24.8 Å². The maximum Gasteiger partial charge on any atom is 0.417 e. The SMILES string of the molecule is COc1cn(-c2ccccc2)c2ncc(Oc3cnc4nc(Nc5cc(C(F)(F)F)cn(C)c5=O)n(C)c4c3C#N)cc12. The highest BCUT2D eigenvalue weighted by molar-refractivity contribution is 5.87. The second kappa shape index (κ2) is 10.2. The van der Waals surface area contributed by atoms with Crippen LogP contribution in [0.3, 0.4) is 0 Å². The molecule has 0 saturated carbocycles. The van der Waals surface area contributed by atoms with Gasteiger partial charge < -0.3 is 23.9 Å². The van der Waals surface area contributed by atoms with Crippen molar-refractivity contribution in [1.82, 2.24) is 28.7 Å². The normalized spacial score (nSPS) is 11.6. The standard InChI is InChI=1S/C29H21F3N8O3/c1-38-14-16(29(30,31)32)9-21(27(38)41)36-28-37-25-24(39(28)2)20(11-33)22(13-34-25)43-18-10-19-23(42-3)15-40(26(19)35-12-18)17-7-5-4-6-8-17/h4-10,12-15H,1-3H3,(H,34,36,37). The third-order valence-corrected chi connectivity index (χ3v) is 6.80. The molecule has 0 radical (unpaired) electrons. The summed E-state index contributed by atoms with van der Waals surface area (Å²) in [5.74, 6) is 0.973. The van der Waals surface area contributed by atoms with Gasteiger partial charge in [0.05, 0.1) is 36.7 Å². The fourth-order valence-corrected chi connectivity index (χ4v) is 4.72. The first-order chi connectivity index (χ1) is 20.6. The van der Waals surface area contributed by atoms with Crippen molar-refractivity contribution in [2.24, 2.45) is 14.1 Å². The number of hydrogen-bond acceptors (Lipinski definition) is 8. The Bertz CT molecular complexity index is 2130. The van der Waals surface area contributed by atoms with Gasteiger partial charge in [-0.05, 0) is 24.3 Å². The van der Waals surface area contributed by atoms with Crippen molar-refractivity contribution in [3.8, 4) is 29.0 Å². The smallest absolute Gasteiger partial charge is 0.417 e. The number of anilines is 2. The van der Waals surface area contributed by atoms with E-state index in [-0.39, 0.29) is 34.1 Å². The average molecular weight is 587 g/mol. The van der Waals surface area contributed by atoms with Gasteiger partial charge in [0.25, 0.3) is 5.56 Å². The van der Waals surface area contributed by atoms with Crippen molar-refractivity contribution in [2.45, 2.75) is 6.18 Å². The monoisotopic (exact) mass is 586 g/mol. The molecule has 0 atom stereocenters. The Balaban J connectivity index is 1.38. The molecule has 1 N–H and O–H groups in total. The Morgan fingerprint density at radius 3 is 2.49 bits per heavy atom. The molecule has 0 unspecified atom stereocenters. The number of halogens is 3. The molecule has 0 bridgehead atoms. The minimum atomic E-state index is -4.66. The number of aryl methyl sites for hydroxylation is 2. The molecular formula is C29H21F3N8O3. The number of ether oxygens (including phenoxy) is 2. The van der Waals surface area contributed by atoms with Crippen LogP contribution in [0.1, 0.15) is 11.1 Å². The van der Waals surface area contributed by atoms with Crippen LogP contribution in [0.15, 0.2) is 72.0 Å². The van der Waals surface area contributed by atoms with E-state index in [1.165, 1.54) is 31.1 Å². The number of imidazole rings is 1. The van der Waals surface area contributed by atoms with Crippen LogP contribution < -0.4 is 20.3 Å². The van der Waals surface area contributed by atoms with Crippen LogP contribution >= 0.6 is 0 Å². The Morgan fingerprint density at radius 1 is 1.02 bits per heavy atom. The summed E-state index contributed by atoms with van der Waals surface area (Å²) in [6, 6.07) is 14.1. The number of rotatable bonds is 6. The third-order valence-electron chi connectivity index (χ3n) is 6.80. The zero-order valence-electron chi connectivity index (χ0n) is 22.8. The molecule has 0 spiro atoms.